The lowest BCUT2D eigenvalue weighted by Crippen LogP contribution is -2.32. The van der Waals surface area contributed by atoms with E-state index in [0.29, 0.717) is 33.4 Å². The molecule has 0 fully saturated rings. The number of rotatable bonds is 7. The van der Waals surface area contributed by atoms with Gasteiger partial charge in [0.25, 0.3) is 11.8 Å². The van der Waals surface area contributed by atoms with E-state index in [0.717, 1.165) is 12.6 Å². The average Bonchev–Trinajstić information content (AvgIpc) is 3.15. The third-order valence-corrected chi connectivity index (χ3v) is 6.10. The zero-order chi connectivity index (χ0) is 25.5. The number of ether oxygens (including phenoxy) is 2. The van der Waals surface area contributed by atoms with E-state index in [1.807, 2.05) is 13.0 Å². The van der Waals surface area contributed by atoms with Gasteiger partial charge in [0.15, 0.2) is 12.2 Å². The van der Waals surface area contributed by atoms with Crippen molar-refractivity contribution in [2.45, 2.75) is 32.3 Å². The first-order valence-electron chi connectivity index (χ1n) is 10.8. The lowest BCUT2D eigenvalue weighted by Gasteiger charge is -2.30. The molecule has 3 aromatic heterocycles. The van der Waals surface area contributed by atoms with Crippen LogP contribution in [0.4, 0.5) is 8.78 Å². The Balaban J connectivity index is 1.96. The summed E-state index contributed by atoms with van der Waals surface area (Å²) in [6.07, 6.45) is 3.23. The first-order chi connectivity index (χ1) is 16.5. The summed E-state index contributed by atoms with van der Waals surface area (Å²) in [5, 5.41) is 12.7. The van der Waals surface area contributed by atoms with Crippen LogP contribution in [0, 0.1) is 13.8 Å². The number of halogens is 3. The van der Waals surface area contributed by atoms with Gasteiger partial charge in [-0.25, -0.2) is 18.7 Å². The van der Waals surface area contributed by atoms with Crippen molar-refractivity contribution in [2.24, 2.45) is 7.05 Å². The van der Waals surface area contributed by atoms with Crippen LogP contribution in [0.25, 0.3) is 10.9 Å². The van der Waals surface area contributed by atoms with Crippen LogP contribution in [-0.2, 0) is 12.6 Å². The average molecular weight is 503 g/mol. The second kappa shape index (κ2) is 9.05. The highest BCUT2D eigenvalue weighted by molar-refractivity contribution is 6.37. The molecule has 1 N–H and O–H groups in total. The predicted octanol–water partition coefficient (Wildman–Crippen LogP) is 4.96. The molecule has 1 atom stereocenters. The molecule has 4 rings (SSSR count). The Bertz CT molecular complexity index is 1370. The minimum Gasteiger partial charge on any atom is -0.480 e. The molecule has 0 spiro atoms. The molecule has 10 heteroatoms. The van der Waals surface area contributed by atoms with E-state index in [1.165, 1.54) is 7.11 Å². The molecule has 1 unspecified atom stereocenters. The van der Waals surface area contributed by atoms with Gasteiger partial charge in [-0.1, -0.05) is 23.7 Å². The fraction of sp³-hybridized carbons (Fsp3) is 0.320. The molecule has 0 bridgehead atoms. The van der Waals surface area contributed by atoms with Crippen LogP contribution in [0.3, 0.4) is 0 Å². The van der Waals surface area contributed by atoms with Crippen LogP contribution in [0.2, 0.25) is 5.02 Å². The van der Waals surface area contributed by atoms with Crippen molar-refractivity contribution in [3.05, 3.63) is 76.1 Å². The van der Waals surface area contributed by atoms with Crippen LogP contribution in [0.1, 0.15) is 35.1 Å². The van der Waals surface area contributed by atoms with Gasteiger partial charge in [-0.3, -0.25) is 4.98 Å². The number of alkyl halides is 2. The first-order valence-corrected chi connectivity index (χ1v) is 11.2. The monoisotopic (exact) mass is 502 g/mol. The number of aliphatic hydroxyl groups is 1. The summed E-state index contributed by atoms with van der Waals surface area (Å²) in [7, 11) is 3.14. The Morgan fingerprint density at radius 1 is 1.11 bits per heavy atom. The van der Waals surface area contributed by atoms with Gasteiger partial charge in [0.1, 0.15) is 0 Å². The molecule has 0 aliphatic carbocycles. The maximum Gasteiger partial charge on any atom is 0.278 e. The van der Waals surface area contributed by atoms with Crippen molar-refractivity contribution in [1.29, 1.82) is 0 Å². The zero-order valence-electron chi connectivity index (χ0n) is 19.9. The Morgan fingerprint density at radius 2 is 1.83 bits per heavy atom. The number of aryl methyl sites for hydroxylation is 3. The van der Waals surface area contributed by atoms with Gasteiger partial charge in [-0.2, -0.15) is 0 Å². The Labute approximate surface area is 206 Å². The molecule has 184 valence electrons. The summed E-state index contributed by atoms with van der Waals surface area (Å²) in [6.45, 7) is 3.50. The summed E-state index contributed by atoms with van der Waals surface area (Å²) in [5.74, 6) is -3.20. The van der Waals surface area contributed by atoms with Crippen LogP contribution >= 0.6 is 11.6 Å². The molecular formula is C25H25ClF2N4O3. The van der Waals surface area contributed by atoms with Gasteiger partial charge < -0.3 is 19.1 Å². The SMILES string of the molecule is COc1nc2ccc(C(O)(c3ccc(C)nc3)c3c(C)ncn3C)cc2c(Cl)c1OCC(C)(F)F. The summed E-state index contributed by atoms with van der Waals surface area (Å²) >= 11 is 6.63. The Hall–Kier alpha value is -3.30. The Morgan fingerprint density at radius 3 is 2.40 bits per heavy atom. The number of hydrogen-bond acceptors (Lipinski definition) is 6. The molecule has 0 saturated heterocycles. The van der Waals surface area contributed by atoms with Crippen molar-refractivity contribution >= 4 is 22.5 Å². The lowest BCUT2D eigenvalue weighted by molar-refractivity contribution is -0.0235. The van der Waals surface area contributed by atoms with Crippen molar-refractivity contribution in [2.75, 3.05) is 13.7 Å². The smallest absolute Gasteiger partial charge is 0.278 e. The summed E-state index contributed by atoms with van der Waals surface area (Å²) in [5.41, 5.74) is 1.75. The number of imidazole rings is 1. The predicted molar refractivity (Wildman–Crippen MR) is 128 cm³/mol. The van der Waals surface area contributed by atoms with E-state index in [-0.39, 0.29) is 16.7 Å². The lowest BCUT2D eigenvalue weighted by atomic mass is 9.82. The summed E-state index contributed by atoms with van der Waals surface area (Å²) in [6, 6.07) is 8.66. The number of hydrogen-bond donors (Lipinski definition) is 1. The van der Waals surface area contributed by atoms with E-state index < -0.39 is 18.1 Å². The van der Waals surface area contributed by atoms with Gasteiger partial charge in [-0.15, -0.1) is 0 Å². The molecule has 0 amide bonds. The molecule has 0 radical (unpaired) electrons. The quantitative estimate of drug-likeness (QED) is 0.384. The number of benzene rings is 1. The summed E-state index contributed by atoms with van der Waals surface area (Å²) < 4.78 is 39.2. The highest BCUT2D eigenvalue weighted by atomic mass is 35.5. The zero-order valence-corrected chi connectivity index (χ0v) is 20.7. The molecule has 1 aromatic carbocycles. The maximum atomic E-state index is 13.5. The first kappa shape index (κ1) is 24.8. The van der Waals surface area contributed by atoms with Crippen molar-refractivity contribution in [3.8, 4) is 11.6 Å². The molecule has 0 aliphatic rings. The number of nitrogens with zero attached hydrogens (tertiary/aromatic N) is 4. The van der Waals surface area contributed by atoms with Crippen molar-refractivity contribution in [1.82, 2.24) is 19.5 Å². The van der Waals surface area contributed by atoms with Crippen LogP contribution in [0.15, 0.2) is 42.9 Å². The second-order valence-corrected chi connectivity index (χ2v) is 8.92. The molecular weight excluding hydrogens is 478 g/mol. The highest BCUT2D eigenvalue weighted by Gasteiger charge is 2.39. The topological polar surface area (TPSA) is 82.3 Å². The molecule has 35 heavy (non-hydrogen) atoms. The van der Waals surface area contributed by atoms with Crippen molar-refractivity contribution < 1.29 is 23.4 Å². The van der Waals surface area contributed by atoms with E-state index in [2.05, 4.69) is 15.0 Å². The Kier molecular flexibility index (Phi) is 6.42. The van der Waals surface area contributed by atoms with Gasteiger partial charge in [-0.05, 0) is 37.6 Å². The number of pyridine rings is 2. The molecule has 0 saturated carbocycles. The van der Waals surface area contributed by atoms with Gasteiger partial charge >= 0.3 is 0 Å². The largest absolute Gasteiger partial charge is 0.480 e. The fourth-order valence-corrected chi connectivity index (χ4v) is 4.35. The summed E-state index contributed by atoms with van der Waals surface area (Å²) in [4.78, 5) is 13.1. The number of methoxy groups -OCH3 is 1. The van der Waals surface area contributed by atoms with E-state index in [1.54, 1.807) is 55.3 Å². The number of fused-ring (bicyclic) bond motifs is 1. The second-order valence-electron chi connectivity index (χ2n) is 8.54. The van der Waals surface area contributed by atoms with Crippen molar-refractivity contribution in [3.63, 3.8) is 0 Å². The van der Waals surface area contributed by atoms with Crippen LogP contribution in [-0.4, -0.2) is 44.3 Å². The van der Waals surface area contributed by atoms with Crippen LogP contribution in [0.5, 0.6) is 11.6 Å². The maximum absolute atomic E-state index is 13.5. The van der Waals surface area contributed by atoms with E-state index in [4.69, 9.17) is 21.1 Å². The van der Waals surface area contributed by atoms with Gasteiger partial charge in [0, 0.05) is 36.8 Å². The number of aromatic nitrogens is 4. The third-order valence-electron chi connectivity index (χ3n) is 5.72. The molecule has 7 nitrogen and oxygen atoms in total. The molecule has 0 aliphatic heterocycles. The third kappa shape index (κ3) is 4.53. The molecule has 4 aromatic rings. The van der Waals surface area contributed by atoms with E-state index in [9.17, 15) is 13.9 Å². The standard InChI is InChI=1S/C25H25ClF2N4O3/c1-14-6-7-17(11-29-14)25(33,22-15(2)30-13-32(22)4)16-8-9-19-18(10-16)20(26)21(23(31-19)34-5)35-12-24(3,27)28/h6-11,13,33H,12H2,1-5H3. The minimum absolute atomic E-state index is 0.0139. The highest BCUT2D eigenvalue weighted by Crippen LogP contribution is 2.43. The van der Waals surface area contributed by atoms with Crippen LogP contribution < -0.4 is 9.47 Å². The van der Waals surface area contributed by atoms with Gasteiger partial charge in [0.2, 0.25) is 5.75 Å². The normalized spacial score (nSPS) is 13.6. The molecule has 3 heterocycles. The van der Waals surface area contributed by atoms with E-state index >= 15 is 0 Å². The fourth-order valence-electron chi connectivity index (χ4n) is 4.06. The minimum atomic E-state index is -3.08. The van der Waals surface area contributed by atoms with Gasteiger partial charge in [0.05, 0.1) is 35.4 Å².